The summed E-state index contributed by atoms with van der Waals surface area (Å²) in [6, 6.07) is 7.92. The normalized spacial score (nSPS) is 11.4. The highest BCUT2D eigenvalue weighted by Crippen LogP contribution is 2.20. The zero-order valence-corrected chi connectivity index (χ0v) is 10.9. The lowest BCUT2D eigenvalue weighted by Gasteiger charge is -1.96. The first-order valence-electron chi connectivity index (χ1n) is 6.48. The predicted molar refractivity (Wildman–Crippen MR) is 75.2 cm³/mol. The molecule has 0 unspecified atom stereocenters. The lowest BCUT2D eigenvalue weighted by molar-refractivity contribution is 0.660. The van der Waals surface area contributed by atoms with Gasteiger partial charge in [0.25, 0.3) is 0 Å². The maximum Gasteiger partial charge on any atom is 0.185 e. The Morgan fingerprint density at radius 2 is 2.10 bits per heavy atom. The van der Waals surface area contributed by atoms with Crippen LogP contribution in [-0.4, -0.2) is 29.4 Å². The maximum absolute atomic E-state index is 4.62. The lowest BCUT2D eigenvalue weighted by atomic mass is 10.2. The Kier molecular flexibility index (Phi) is 2.29. The molecule has 4 rings (SSSR count). The van der Waals surface area contributed by atoms with Crippen molar-refractivity contribution >= 4 is 16.6 Å². The molecule has 0 saturated heterocycles. The molecule has 6 heteroatoms. The molecule has 1 aromatic carbocycles. The molecule has 3 aromatic heterocycles. The number of benzene rings is 1. The van der Waals surface area contributed by atoms with Crippen molar-refractivity contribution in [1.82, 2.24) is 29.4 Å². The molecule has 0 saturated carbocycles. The highest BCUT2D eigenvalue weighted by Gasteiger charge is 2.11. The first-order valence-corrected chi connectivity index (χ1v) is 6.48. The Labute approximate surface area is 114 Å². The van der Waals surface area contributed by atoms with Crippen molar-refractivity contribution in [2.24, 2.45) is 0 Å². The molecule has 0 bridgehead atoms. The molecule has 0 atom stereocenters. The molecular weight excluding hydrogens is 252 g/mol. The van der Waals surface area contributed by atoms with Gasteiger partial charge >= 0.3 is 0 Å². The Hall–Kier alpha value is -2.76. The van der Waals surface area contributed by atoms with E-state index < -0.39 is 0 Å². The van der Waals surface area contributed by atoms with Crippen molar-refractivity contribution in [3.05, 3.63) is 43.0 Å². The smallest absolute Gasteiger partial charge is 0.185 e. The van der Waals surface area contributed by atoms with Gasteiger partial charge in [0.1, 0.15) is 6.33 Å². The van der Waals surface area contributed by atoms with Crippen LogP contribution >= 0.6 is 0 Å². The number of nitrogens with zero attached hydrogens (tertiary/aromatic N) is 6. The fourth-order valence-electron chi connectivity index (χ4n) is 2.25. The minimum absolute atomic E-state index is 0.669. The van der Waals surface area contributed by atoms with E-state index in [4.69, 9.17) is 0 Å². The van der Waals surface area contributed by atoms with Gasteiger partial charge in [0.05, 0.1) is 17.3 Å². The third-order valence-corrected chi connectivity index (χ3v) is 3.30. The van der Waals surface area contributed by atoms with Gasteiger partial charge in [-0.2, -0.15) is 5.10 Å². The summed E-state index contributed by atoms with van der Waals surface area (Å²) in [5, 5.41) is 9.72. The van der Waals surface area contributed by atoms with E-state index in [0.29, 0.717) is 5.82 Å². The lowest BCUT2D eigenvalue weighted by Crippen LogP contribution is -1.92. The topological polar surface area (TPSA) is 60.9 Å². The monoisotopic (exact) mass is 264 g/mol. The van der Waals surface area contributed by atoms with Gasteiger partial charge in [-0.05, 0) is 19.1 Å². The van der Waals surface area contributed by atoms with E-state index in [2.05, 4.69) is 20.2 Å². The summed E-state index contributed by atoms with van der Waals surface area (Å²) in [7, 11) is 0. The van der Waals surface area contributed by atoms with Crippen molar-refractivity contribution in [1.29, 1.82) is 0 Å². The Morgan fingerprint density at radius 1 is 1.20 bits per heavy atom. The molecule has 3 heterocycles. The SMILES string of the molecule is CCn1cc(-c2nc3c4ccccc4ncn3n2)cn1. The molecule has 0 N–H and O–H groups in total. The van der Waals surface area contributed by atoms with Gasteiger partial charge in [-0.15, -0.1) is 5.10 Å². The van der Waals surface area contributed by atoms with Gasteiger partial charge in [0.15, 0.2) is 11.5 Å². The van der Waals surface area contributed by atoms with Crippen LogP contribution in [0.15, 0.2) is 43.0 Å². The van der Waals surface area contributed by atoms with Gasteiger partial charge in [-0.3, -0.25) is 4.68 Å². The molecule has 20 heavy (non-hydrogen) atoms. The molecule has 98 valence electrons. The van der Waals surface area contributed by atoms with Gasteiger partial charge in [0, 0.05) is 18.1 Å². The van der Waals surface area contributed by atoms with Crippen LogP contribution in [0.25, 0.3) is 27.9 Å². The van der Waals surface area contributed by atoms with E-state index in [1.165, 1.54) is 0 Å². The number of aryl methyl sites for hydroxylation is 1. The number of hydrogen-bond donors (Lipinski definition) is 0. The van der Waals surface area contributed by atoms with Crippen LogP contribution < -0.4 is 0 Å². The van der Waals surface area contributed by atoms with Crippen molar-refractivity contribution in [2.45, 2.75) is 13.5 Å². The molecule has 6 nitrogen and oxygen atoms in total. The summed E-state index contributed by atoms with van der Waals surface area (Å²) in [6.45, 7) is 2.88. The Bertz CT molecular complexity index is 904. The first-order chi connectivity index (χ1) is 9.85. The third kappa shape index (κ3) is 1.58. The van der Waals surface area contributed by atoms with E-state index >= 15 is 0 Å². The first kappa shape index (κ1) is 11.1. The average molecular weight is 264 g/mol. The molecule has 4 aromatic rings. The van der Waals surface area contributed by atoms with Crippen molar-refractivity contribution < 1.29 is 0 Å². The zero-order valence-electron chi connectivity index (χ0n) is 10.9. The summed E-state index contributed by atoms with van der Waals surface area (Å²) in [5.41, 5.74) is 2.65. The second kappa shape index (κ2) is 4.12. The van der Waals surface area contributed by atoms with Crippen LogP contribution in [-0.2, 0) is 6.54 Å². The fraction of sp³-hybridized carbons (Fsp3) is 0.143. The Balaban J connectivity index is 1.96. The van der Waals surface area contributed by atoms with Crippen molar-refractivity contribution in [3.63, 3.8) is 0 Å². The fourth-order valence-corrected chi connectivity index (χ4v) is 2.25. The molecule has 0 fully saturated rings. The van der Waals surface area contributed by atoms with E-state index in [0.717, 1.165) is 28.7 Å². The summed E-state index contributed by atoms with van der Waals surface area (Å²) < 4.78 is 3.57. The molecule has 0 radical (unpaired) electrons. The summed E-state index contributed by atoms with van der Waals surface area (Å²) >= 11 is 0. The second-order valence-corrected chi connectivity index (χ2v) is 4.55. The average Bonchev–Trinajstić information content (AvgIpc) is 3.13. The van der Waals surface area contributed by atoms with Gasteiger partial charge in [-0.1, -0.05) is 12.1 Å². The standard InChI is InChI=1S/C14H12N6/c1-2-19-8-10(7-16-19)13-17-14-11-5-3-4-6-12(11)15-9-20(14)18-13/h3-9H,2H2,1H3. The number of fused-ring (bicyclic) bond motifs is 3. The second-order valence-electron chi connectivity index (χ2n) is 4.55. The molecule has 0 spiro atoms. The summed E-state index contributed by atoms with van der Waals surface area (Å²) in [6.07, 6.45) is 5.43. The van der Waals surface area contributed by atoms with Gasteiger partial charge in [0.2, 0.25) is 0 Å². The van der Waals surface area contributed by atoms with Crippen LogP contribution in [0.5, 0.6) is 0 Å². The van der Waals surface area contributed by atoms with Gasteiger partial charge in [-0.25, -0.2) is 14.5 Å². The van der Waals surface area contributed by atoms with E-state index in [1.54, 1.807) is 17.0 Å². The summed E-state index contributed by atoms with van der Waals surface area (Å²) in [4.78, 5) is 8.99. The minimum atomic E-state index is 0.669. The highest BCUT2D eigenvalue weighted by molar-refractivity contribution is 5.91. The summed E-state index contributed by atoms with van der Waals surface area (Å²) in [5.74, 6) is 0.669. The third-order valence-electron chi connectivity index (χ3n) is 3.30. The minimum Gasteiger partial charge on any atom is -0.272 e. The number of rotatable bonds is 2. The quantitative estimate of drug-likeness (QED) is 0.556. The van der Waals surface area contributed by atoms with E-state index in [1.807, 2.05) is 42.1 Å². The molecule has 0 aliphatic heterocycles. The van der Waals surface area contributed by atoms with Crippen molar-refractivity contribution in [3.8, 4) is 11.4 Å². The Morgan fingerprint density at radius 3 is 2.95 bits per heavy atom. The van der Waals surface area contributed by atoms with Crippen molar-refractivity contribution in [2.75, 3.05) is 0 Å². The van der Waals surface area contributed by atoms with Crippen LogP contribution in [0.3, 0.4) is 0 Å². The maximum atomic E-state index is 4.62. The number of hydrogen-bond acceptors (Lipinski definition) is 4. The predicted octanol–water partition coefficient (Wildman–Crippen LogP) is 2.16. The molecular formula is C14H12N6. The molecule has 0 aliphatic carbocycles. The van der Waals surface area contributed by atoms with E-state index in [-0.39, 0.29) is 0 Å². The van der Waals surface area contributed by atoms with Crippen LogP contribution in [0.1, 0.15) is 6.92 Å². The highest BCUT2D eigenvalue weighted by atomic mass is 15.3. The number of aromatic nitrogens is 6. The zero-order chi connectivity index (χ0) is 13.5. The molecule has 0 amide bonds. The van der Waals surface area contributed by atoms with Crippen LogP contribution in [0.4, 0.5) is 0 Å². The molecule has 0 aliphatic rings. The number of para-hydroxylation sites is 1. The van der Waals surface area contributed by atoms with E-state index in [9.17, 15) is 0 Å². The largest absolute Gasteiger partial charge is 0.272 e. The van der Waals surface area contributed by atoms with Gasteiger partial charge < -0.3 is 0 Å². The van der Waals surface area contributed by atoms with Crippen LogP contribution in [0.2, 0.25) is 0 Å². The van der Waals surface area contributed by atoms with Crippen LogP contribution in [0, 0.1) is 0 Å².